The molecule has 6 nitrogen and oxygen atoms in total. The summed E-state index contributed by atoms with van der Waals surface area (Å²) in [5.41, 5.74) is 1.16. The molecule has 0 unspecified atom stereocenters. The van der Waals surface area contributed by atoms with Crippen molar-refractivity contribution in [3.05, 3.63) is 71.7 Å². The highest BCUT2D eigenvalue weighted by Gasteiger charge is 2.27. The number of benzene rings is 2. The van der Waals surface area contributed by atoms with Gasteiger partial charge in [0.25, 0.3) is 11.8 Å². The Bertz CT molecular complexity index is 1130. The van der Waals surface area contributed by atoms with Crippen molar-refractivity contribution in [3.8, 4) is 17.4 Å². The van der Waals surface area contributed by atoms with Gasteiger partial charge in [0.1, 0.15) is 24.4 Å². The smallest absolute Gasteiger partial charge is 0.259 e. The van der Waals surface area contributed by atoms with Crippen molar-refractivity contribution in [2.75, 3.05) is 25.8 Å². The van der Waals surface area contributed by atoms with Gasteiger partial charge in [0.05, 0.1) is 12.4 Å². The highest BCUT2D eigenvalue weighted by Crippen LogP contribution is 2.45. The molecule has 0 saturated heterocycles. The van der Waals surface area contributed by atoms with Gasteiger partial charge in [-0.05, 0) is 56.1 Å². The van der Waals surface area contributed by atoms with Gasteiger partial charge in [-0.15, -0.1) is 0 Å². The van der Waals surface area contributed by atoms with E-state index in [1.807, 2.05) is 0 Å². The first-order valence-electron chi connectivity index (χ1n) is 9.13. The van der Waals surface area contributed by atoms with Crippen molar-refractivity contribution in [2.45, 2.75) is 6.92 Å². The number of nitrogens with zero attached hydrogens (tertiary/aromatic N) is 1. The van der Waals surface area contributed by atoms with Crippen LogP contribution in [0.2, 0.25) is 0 Å². The summed E-state index contributed by atoms with van der Waals surface area (Å²) in [6.07, 6.45) is 1.41. The van der Waals surface area contributed by atoms with E-state index in [-0.39, 0.29) is 17.3 Å². The standard InChI is InChI=1S/C22H22FN2O4P/c1-14-12-16(23)10-11-17(14)29-20-19(25-21(26)15-8-6-5-7-9-15)18(30(3,4)27)13-24-22(20)28-2/h5-13H,1-4H3,(H,24,25,26). The molecule has 0 aliphatic carbocycles. The molecule has 3 rings (SSSR count). The molecule has 0 radical (unpaired) electrons. The van der Waals surface area contributed by atoms with Crippen LogP contribution < -0.4 is 20.1 Å². The van der Waals surface area contributed by atoms with E-state index in [1.165, 1.54) is 31.5 Å². The number of amides is 1. The Balaban J connectivity index is 2.15. The van der Waals surface area contributed by atoms with Crippen LogP contribution in [0.5, 0.6) is 17.4 Å². The van der Waals surface area contributed by atoms with Crippen LogP contribution in [0.15, 0.2) is 54.7 Å². The number of carbonyl (C=O) groups excluding carboxylic acids is 1. The van der Waals surface area contributed by atoms with Gasteiger partial charge in [-0.1, -0.05) is 18.2 Å². The summed E-state index contributed by atoms with van der Waals surface area (Å²) in [4.78, 5) is 17.0. The van der Waals surface area contributed by atoms with Crippen LogP contribution in [0, 0.1) is 12.7 Å². The predicted molar refractivity (Wildman–Crippen MR) is 115 cm³/mol. The Morgan fingerprint density at radius 3 is 2.43 bits per heavy atom. The number of aryl methyl sites for hydroxylation is 1. The third-order valence-corrected chi connectivity index (χ3v) is 5.88. The van der Waals surface area contributed by atoms with Gasteiger partial charge in [0.2, 0.25) is 5.75 Å². The SMILES string of the molecule is COc1ncc(P(C)(C)=O)c(NC(=O)c2ccccc2)c1Oc1ccc(F)cc1C. The molecular weight excluding hydrogens is 406 g/mol. The summed E-state index contributed by atoms with van der Waals surface area (Å²) in [5, 5.41) is 3.13. The number of anilines is 1. The van der Waals surface area contributed by atoms with Crippen LogP contribution in [-0.4, -0.2) is 31.3 Å². The zero-order chi connectivity index (χ0) is 21.9. The van der Waals surface area contributed by atoms with Gasteiger partial charge in [0.15, 0.2) is 0 Å². The van der Waals surface area contributed by atoms with E-state index in [0.29, 0.717) is 22.2 Å². The lowest BCUT2D eigenvalue weighted by molar-refractivity contribution is 0.102. The van der Waals surface area contributed by atoms with Gasteiger partial charge in [-0.25, -0.2) is 9.37 Å². The largest absolute Gasteiger partial charge is 0.478 e. The first-order chi connectivity index (χ1) is 14.2. The number of aromatic nitrogens is 1. The zero-order valence-electron chi connectivity index (χ0n) is 17.1. The van der Waals surface area contributed by atoms with Crippen molar-refractivity contribution in [1.82, 2.24) is 4.98 Å². The lowest BCUT2D eigenvalue weighted by Crippen LogP contribution is -2.20. The molecule has 1 heterocycles. The van der Waals surface area contributed by atoms with E-state index in [1.54, 1.807) is 50.6 Å². The molecule has 0 atom stereocenters. The van der Waals surface area contributed by atoms with E-state index < -0.39 is 18.9 Å². The third-order valence-electron chi connectivity index (χ3n) is 4.38. The molecule has 2 aromatic carbocycles. The van der Waals surface area contributed by atoms with Crippen molar-refractivity contribution >= 4 is 24.0 Å². The summed E-state index contributed by atoms with van der Waals surface area (Å²) in [7, 11) is -1.45. The molecule has 0 fully saturated rings. The van der Waals surface area contributed by atoms with Crippen molar-refractivity contribution in [3.63, 3.8) is 0 Å². The number of methoxy groups -OCH3 is 1. The maximum atomic E-state index is 13.5. The molecule has 0 spiro atoms. The van der Waals surface area contributed by atoms with Gasteiger partial charge >= 0.3 is 0 Å². The number of hydrogen-bond acceptors (Lipinski definition) is 5. The predicted octanol–water partition coefficient (Wildman–Crippen LogP) is 4.83. The van der Waals surface area contributed by atoms with E-state index in [4.69, 9.17) is 9.47 Å². The van der Waals surface area contributed by atoms with E-state index in [9.17, 15) is 13.8 Å². The molecule has 8 heteroatoms. The molecule has 1 amide bonds. The summed E-state index contributed by atoms with van der Waals surface area (Å²) in [6, 6.07) is 12.7. The molecule has 1 aromatic heterocycles. The molecule has 0 saturated carbocycles. The van der Waals surface area contributed by atoms with Crippen LogP contribution in [0.4, 0.5) is 10.1 Å². The summed E-state index contributed by atoms with van der Waals surface area (Å²) < 4.78 is 37.8. The zero-order valence-corrected chi connectivity index (χ0v) is 18.0. The van der Waals surface area contributed by atoms with E-state index in [0.717, 1.165) is 0 Å². The molecule has 3 aromatic rings. The van der Waals surface area contributed by atoms with Crippen molar-refractivity contribution in [2.24, 2.45) is 0 Å². The Labute approximate surface area is 174 Å². The summed E-state index contributed by atoms with van der Waals surface area (Å²) >= 11 is 0. The molecule has 0 aliphatic heterocycles. The van der Waals surface area contributed by atoms with Gasteiger partial charge in [-0.2, -0.15) is 0 Å². The van der Waals surface area contributed by atoms with E-state index in [2.05, 4.69) is 10.3 Å². The van der Waals surface area contributed by atoms with Crippen LogP contribution in [-0.2, 0) is 4.57 Å². The number of ether oxygens (including phenoxy) is 2. The first kappa shape index (κ1) is 21.5. The monoisotopic (exact) mass is 428 g/mol. The number of rotatable bonds is 6. The van der Waals surface area contributed by atoms with Gasteiger partial charge in [-0.3, -0.25) is 4.79 Å². The van der Waals surface area contributed by atoms with Crippen LogP contribution in [0.3, 0.4) is 0 Å². The minimum absolute atomic E-state index is 0.0953. The Kier molecular flexibility index (Phi) is 6.22. The minimum atomic E-state index is -2.86. The van der Waals surface area contributed by atoms with Crippen LogP contribution in [0.25, 0.3) is 0 Å². The molecule has 0 bridgehead atoms. The maximum Gasteiger partial charge on any atom is 0.259 e. The molecule has 30 heavy (non-hydrogen) atoms. The van der Waals surface area contributed by atoms with Crippen LogP contribution in [0.1, 0.15) is 15.9 Å². The van der Waals surface area contributed by atoms with E-state index >= 15 is 0 Å². The number of nitrogens with one attached hydrogen (secondary N) is 1. The highest BCUT2D eigenvalue weighted by atomic mass is 31.2. The lowest BCUT2D eigenvalue weighted by Gasteiger charge is -2.20. The van der Waals surface area contributed by atoms with Crippen molar-refractivity contribution < 1.29 is 23.2 Å². The third kappa shape index (κ3) is 4.69. The average Bonchev–Trinajstić information content (AvgIpc) is 2.70. The molecule has 156 valence electrons. The van der Waals surface area contributed by atoms with Gasteiger partial charge < -0.3 is 19.4 Å². The molecule has 1 N–H and O–H groups in total. The Morgan fingerprint density at radius 1 is 1.13 bits per heavy atom. The highest BCUT2D eigenvalue weighted by molar-refractivity contribution is 7.70. The normalized spacial score (nSPS) is 11.1. The second-order valence-electron chi connectivity index (χ2n) is 7.04. The van der Waals surface area contributed by atoms with Crippen LogP contribution >= 0.6 is 7.14 Å². The average molecular weight is 428 g/mol. The summed E-state index contributed by atoms with van der Waals surface area (Å²) in [6.45, 7) is 4.83. The number of halogens is 1. The first-order valence-corrected chi connectivity index (χ1v) is 11.7. The second kappa shape index (κ2) is 8.67. The number of carbonyl (C=O) groups is 1. The fourth-order valence-corrected chi connectivity index (χ4v) is 3.88. The number of hydrogen-bond donors (Lipinski definition) is 1. The molecule has 0 aliphatic rings. The topological polar surface area (TPSA) is 77.5 Å². The summed E-state index contributed by atoms with van der Waals surface area (Å²) in [5.74, 6) is -0.259. The second-order valence-corrected chi connectivity index (χ2v) is 10.2. The quantitative estimate of drug-likeness (QED) is 0.569. The lowest BCUT2D eigenvalue weighted by atomic mass is 10.2. The molecular formula is C22H22FN2O4P. The Morgan fingerprint density at radius 2 is 1.83 bits per heavy atom. The number of pyridine rings is 1. The van der Waals surface area contributed by atoms with Gasteiger partial charge in [0, 0.05) is 11.8 Å². The minimum Gasteiger partial charge on any atom is -0.478 e. The van der Waals surface area contributed by atoms with Crippen molar-refractivity contribution in [1.29, 1.82) is 0 Å². The Hall–Kier alpha value is -3.18. The fourth-order valence-electron chi connectivity index (χ4n) is 2.85. The fraction of sp³-hybridized carbons (Fsp3) is 0.182. The maximum absolute atomic E-state index is 13.5.